The molecule has 0 aliphatic heterocycles. The van der Waals surface area contributed by atoms with Crippen molar-refractivity contribution in [1.82, 2.24) is 0 Å². The van der Waals surface area contributed by atoms with Crippen molar-refractivity contribution in [3.8, 4) is 6.07 Å². The van der Waals surface area contributed by atoms with Crippen LogP contribution in [0.5, 0.6) is 0 Å². The Morgan fingerprint density at radius 2 is 2.00 bits per heavy atom. The number of rotatable bonds is 4. The zero-order valence-corrected chi connectivity index (χ0v) is 14.5. The van der Waals surface area contributed by atoms with Gasteiger partial charge < -0.3 is 4.74 Å². The van der Waals surface area contributed by atoms with Crippen LogP contribution in [0.3, 0.4) is 0 Å². The summed E-state index contributed by atoms with van der Waals surface area (Å²) in [6.07, 6.45) is 8.10. The third-order valence-corrected chi connectivity index (χ3v) is 6.00. The van der Waals surface area contributed by atoms with Gasteiger partial charge in [0.05, 0.1) is 12.2 Å². The molecule has 122 valence electrons. The molecule has 3 atom stereocenters. The van der Waals surface area contributed by atoms with Crippen LogP contribution >= 0.6 is 15.9 Å². The van der Waals surface area contributed by atoms with Gasteiger partial charge >= 0.3 is 0 Å². The van der Waals surface area contributed by atoms with Crippen molar-refractivity contribution < 1.29 is 9.66 Å². The van der Waals surface area contributed by atoms with Crippen molar-refractivity contribution in [2.45, 2.75) is 61.9 Å². The van der Waals surface area contributed by atoms with E-state index in [2.05, 4.69) is 28.1 Å². The molecule has 0 unspecified atom stereocenters. The maximum absolute atomic E-state index is 10.8. The number of methoxy groups -OCH3 is 1. The fourth-order valence-electron chi connectivity index (χ4n) is 3.65. The molecule has 0 aromatic rings. The first kappa shape index (κ1) is 17.4. The van der Waals surface area contributed by atoms with E-state index in [0.29, 0.717) is 23.6 Å². The minimum atomic E-state index is -0.416. The van der Waals surface area contributed by atoms with Gasteiger partial charge in [0.1, 0.15) is 0 Å². The van der Waals surface area contributed by atoms with Crippen LogP contribution in [-0.4, -0.2) is 29.0 Å². The van der Waals surface area contributed by atoms with Gasteiger partial charge in [-0.1, -0.05) is 22.0 Å². The number of halogens is 1. The van der Waals surface area contributed by atoms with Gasteiger partial charge in [0, 0.05) is 35.3 Å². The lowest BCUT2D eigenvalue weighted by Gasteiger charge is -2.31. The molecule has 5 nitrogen and oxygen atoms in total. The Morgan fingerprint density at radius 3 is 2.50 bits per heavy atom. The molecule has 0 N–H and O–H groups in total. The topological polar surface area (TPSA) is 76.2 Å². The van der Waals surface area contributed by atoms with Crippen LogP contribution in [0.25, 0.3) is 0 Å². The third-order valence-electron chi connectivity index (χ3n) is 5.04. The second-order valence-electron chi connectivity index (χ2n) is 6.39. The molecule has 0 aromatic heterocycles. The van der Waals surface area contributed by atoms with Gasteiger partial charge in [-0.05, 0) is 43.9 Å². The summed E-state index contributed by atoms with van der Waals surface area (Å²) in [4.78, 5) is 11.0. The van der Waals surface area contributed by atoms with E-state index in [0.717, 1.165) is 37.7 Å². The highest BCUT2D eigenvalue weighted by molar-refractivity contribution is 9.09. The molecule has 2 saturated carbocycles. The molecule has 2 fully saturated rings. The summed E-state index contributed by atoms with van der Waals surface area (Å²) in [6.45, 7) is 0. The van der Waals surface area contributed by atoms with Crippen LogP contribution in [0.4, 0.5) is 0 Å². The molecule has 6 heteroatoms. The van der Waals surface area contributed by atoms with E-state index in [1.54, 1.807) is 7.11 Å². The van der Waals surface area contributed by atoms with Gasteiger partial charge in [-0.15, -0.1) is 0 Å². The molecule has 0 saturated heterocycles. The molecule has 22 heavy (non-hydrogen) atoms. The largest absolute Gasteiger partial charge is 0.380 e. The van der Waals surface area contributed by atoms with E-state index in [-0.39, 0.29) is 16.9 Å². The molecule has 0 radical (unpaired) electrons. The van der Waals surface area contributed by atoms with Crippen LogP contribution in [0.1, 0.15) is 44.9 Å². The predicted octanol–water partition coefficient (Wildman–Crippen LogP) is 3.85. The summed E-state index contributed by atoms with van der Waals surface area (Å²) in [7, 11) is 1.74. The molecule has 0 spiro atoms. The molecule has 2 aliphatic rings. The summed E-state index contributed by atoms with van der Waals surface area (Å²) in [5.41, 5.74) is 0.836. The Labute approximate surface area is 140 Å². The van der Waals surface area contributed by atoms with E-state index in [1.165, 1.54) is 0 Å². The molecule has 2 aliphatic carbocycles. The van der Waals surface area contributed by atoms with Gasteiger partial charge in [-0.25, -0.2) is 0 Å². The maximum atomic E-state index is 10.8. The number of nitrogens with zero attached hydrogens (tertiary/aromatic N) is 2. The Hall–Kier alpha value is -0.930. The Kier molecular flexibility index (Phi) is 6.39. The van der Waals surface area contributed by atoms with Gasteiger partial charge in [-0.3, -0.25) is 10.1 Å². The van der Waals surface area contributed by atoms with E-state index >= 15 is 0 Å². The molecule has 0 amide bonds. The van der Waals surface area contributed by atoms with E-state index in [4.69, 9.17) is 4.74 Å². The first-order valence-corrected chi connectivity index (χ1v) is 8.88. The number of alkyl halides is 1. The Bertz CT molecular complexity index is 467. The fourth-order valence-corrected chi connectivity index (χ4v) is 4.61. The monoisotopic (exact) mass is 370 g/mol. The lowest BCUT2D eigenvalue weighted by atomic mass is 9.79. The van der Waals surface area contributed by atoms with Gasteiger partial charge in [0.25, 0.3) is 0 Å². The van der Waals surface area contributed by atoms with Gasteiger partial charge in [-0.2, -0.15) is 5.26 Å². The summed E-state index contributed by atoms with van der Waals surface area (Å²) in [5, 5.41) is 20.3. The molecule has 0 aromatic carbocycles. The number of hydrogen-bond acceptors (Lipinski definition) is 4. The highest BCUT2D eigenvalue weighted by Crippen LogP contribution is 2.36. The van der Waals surface area contributed by atoms with Crippen molar-refractivity contribution in [3.05, 3.63) is 21.8 Å². The van der Waals surface area contributed by atoms with E-state index < -0.39 is 6.04 Å². The molecule has 0 heterocycles. The molecular formula is C16H23BrN2O3. The van der Waals surface area contributed by atoms with Crippen LogP contribution in [0, 0.1) is 33.3 Å². The second kappa shape index (κ2) is 8.07. The smallest absolute Gasteiger partial charge is 0.213 e. The summed E-state index contributed by atoms with van der Waals surface area (Å²) >= 11 is 3.67. The van der Waals surface area contributed by atoms with E-state index in [1.807, 2.05) is 0 Å². The zero-order chi connectivity index (χ0) is 16.1. The van der Waals surface area contributed by atoms with Crippen LogP contribution < -0.4 is 0 Å². The fraction of sp³-hybridized carbons (Fsp3) is 0.812. The average molecular weight is 371 g/mol. The Balaban J connectivity index is 1.95. The van der Waals surface area contributed by atoms with Crippen LogP contribution in [0.2, 0.25) is 0 Å². The van der Waals surface area contributed by atoms with Crippen molar-refractivity contribution >= 4 is 15.9 Å². The van der Waals surface area contributed by atoms with Crippen molar-refractivity contribution in [2.75, 3.05) is 7.11 Å². The highest BCUT2D eigenvalue weighted by Gasteiger charge is 2.32. The number of hydrogen-bond donors (Lipinski definition) is 0. The number of nitriles is 1. The highest BCUT2D eigenvalue weighted by atomic mass is 79.9. The van der Waals surface area contributed by atoms with Crippen molar-refractivity contribution in [2.24, 2.45) is 11.8 Å². The predicted molar refractivity (Wildman–Crippen MR) is 87.3 cm³/mol. The first-order valence-electron chi connectivity index (χ1n) is 7.97. The summed E-state index contributed by atoms with van der Waals surface area (Å²) in [6, 6.07) is 1.93. The van der Waals surface area contributed by atoms with Crippen molar-refractivity contribution in [3.63, 3.8) is 0 Å². The number of ether oxygens (including phenoxy) is 1. The average Bonchev–Trinajstić information content (AvgIpc) is 2.53. The minimum Gasteiger partial charge on any atom is -0.380 e. The van der Waals surface area contributed by atoms with Gasteiger partial charge in [0.2, 0.25) is 6.04 Å². The van der Waals surface area contributed by atoms with Crippen LogP contribution in [0.15, 0.2) is 11.6 Å². The maximum Gasteiger partial charge on any atom is 0.213 e. The lowest BCUT2D eigenvalue weighted by molar-refractivity contribution is -0.526. The van der Waals surface area contributed by atoms with Gasteiger partial charge in [0.15, 0.2) is 0 Å². The number of nitro groups is 1. The second-order valence-corrected chi connectivity index (χ2v) is 7.56. The quantitative estimate of drug-likeness (QED) is 0.326. The first-order chi connectivity index (χ1) is 10.5. The van der Waals surface area contributed by atoms with Crippen LogP contribution in [-0.2, 0) is 4.74 Å². The molecule has 0 bridgehead atoms. The van der Waals surface area contributed by atoms with E-state index in [9.17, 15) is 15.4 Å². The molecule has 2 rings (SSSR count). The normalized spacial score (nSPS) is 36.6. The van der Waals surface area contributed by atoms with Crippen molar-refractivity contribution in [1.29, 1.82) is 5.26 Å². The Morgan fingerprint density at radius 1 is 1.32 bits per heavy atom. The zero-order valence-electron chi connectivity index (χ0n) is 12.9. The SMILES string of the molecule is CO[C@H]1CC[C@H](/C=C(\C#N)C2CCC([N+](=O)[O-])CC2)C[C@@H]1Br. The standard InChI is InChI=1S/C16H23BrN2O3/c1-22-16-7-2-11(9-15(16)17)8-13(10-18)12-3-5-14(6-4-12)19(20)21/h8,11-12,14-16H,2-7,9H2,1H3/b13-8+/t11-,12?,14?,15+,16+/m1/s1. The summed E-state index contributed by atoms with van der Waals surface area (Å²) < 4.78 is 5.44. The summed E-state index contributed by atoms with van der Waals surface area (Å²) in [5.74, 6) is 0.605. The lowest BCUT2D eigenvalue weighted by Crippen LogP contribution is -2.31. The third kappa shape index (κ3) is 4.30. The molecular weight excluding hydrogens is 348 g/mol. The minimum absolute atomic E-state index is 0.173. The number of allylic oxidation sites excluding steroid dienone is 2.